The van der Waals surface area contributed by atoms with E-state index in [1.165, 1.54) is 37.3 Å². The lowest BCUT2D eigenvalue weighted by Gasteiger charge is -2.14. The van der Waals surface area contributed by atoms with Crippen molar-refractivity contribution >= 4 is 62.5 Å². The van der Waals surface area contributed by atoms with Gasteiger partial charge in [0.05, 0.1) is 5.02 Å². The molecule has 2 aromatic heterocycles. The monoisotopic (exact) mass is 574 g/mol. The summed E-state index contributed by atoms with van der Waals surface area (Å²) in [5.74, 6) is -0.464. The van der Waals surface area contributed by atoms with E-state index in [2.05, 4.69) is 30.4 Å². The van der Waals surface area contributed by atoms with Crippen molar-refractivity contribution in [2.75, 3.05) is 25.9 Å². The van der Waals surface area contributed by atoms with Gasteiger partial charge in [-0.1, -0.05) is 41.4 Å². The highest BCUT2D eigenvalue weighted by Crippen LogP contribution is 2.34. The van der Waals surface area contributed by atoms with Crippen LogP contribution in [0.5, 0.6) is 5.75 Å². The SMILES string of the molecule is CC.CNSNc1nccc(Cc2c(CBr)c3cc(Cl)c(OC(=O)N(C)C)cc3oc2=O)c1F. The molecule has 0 atom stereocenters. The average Bonchev–Trinajstić information content (AvgIpc) is 2.82. The number of aromatic nitrogens is 1. The van der Waals surface area contributed by atoms with Crippen LogP contribution in [-0.4, -0.2) is 37.1 Å². The van der Waals surface area contributed by atoms with Gasteiger partial charge in [-0.25, -0.2) is 23.7 Å². The molecule has 3 rings (SSSR count). The van der Waals surface area contributed by atoms with Crippen molar-refractivity contribution in [2.45, 2.75) is 25.6 Å². The van der Waals surface area contributed by atoms with Crippen molar-refractivity contribution in [3.8, 4) is 5.75 Å². The molecule has 2 heterocycles. The number of fused-ring (bicyclic) bond motifs is 1. The molecule has 1 amide bonds. The Labute approximate surface area is 214 Å². The topological polar surface area (TPSA) is 96.7 Å². The summed E-state index contributed by atoms with van der Waals surface area (Å²) in [5.41, 5.74) is 0.715. The molecule has 0 saturated heterocycles. The quantitative estimate of drug-likeness (QED) is 0.209. The third kappa shape index (κ3) is 6.41. The van der Waals surface area contributed by atoms with Crippen LogP contribution in [0, 0.1) is 5.82 Å². The second kappa shape index (κ2) is 12.9. The number of carbonyl (C=O) groups excluding carboxylic acids is 1. The number of benzene rings is 1. The van der Waals surface area contributed by atoms with E-state index in [0.717, 1.165) is 12.1 Å². The van der Waals surface area contributed by atoms with Gasteiger partial charge in [-0.2, -0.15) is 0 Å². The standard InChI is InChI=1S/C20H19BrClFN4O4S.C2H6/c1-24-32-26-18-17(23)10(4-5-25-18)6-12-13(9-21)11-7-14(22)16(31-20(29)27(2)3)8-15(11)30-19(12)28;1-2/h4-5,7-8,24H,6,9H2,1-3H3,(H,25,26);1-2H3. The number of hydrogen-bond acceptors (Lipinski definition) is 8. The molecule has 2 N–H and O–H groups in total. The summed E-state index contributed by atoms with van der Waals surface area (Å²) in [5, 5.41) is 1.01. The molecule has 0 aliphatic rings. The van der Waals surface area contributed by atoms with E-state index < -0.39 is 17.5 Å². The third-order valence-corrected chi connectivity index (χ3v) is 5.81. The van der Waals surface area contributed by atoms with E-state index in [0.29, 0.717) is 16.3 Å². The van der Waals surface area contributed by atoms with Gasteiger partial charge in [0.2, 0.25) is 0 Å². The Bertz CT molecular complexity index is 1230. The summed E-state index contributed by atoms with van der Waals surface area (Å²) in [6.45, 7) is 4.00. The summed E-state index contributed by atoms with van der Waals surface area (Å²) in [6, 6.07) is 4.45. The van der Waals surface area contributed by atoms with Crippen molar-refractivity contribution in [2.24, 2.45) is 0 Å². The van der Waals surface area contributed by atoms with E-state index in [1.807, 2.05) is 13.8 Å². The highest BCUT2D eigenvalue weighted by Gasteiger charge is 2.20. The smallest absolute Gasteiger partial charge is 0.414 e. The molecule has 0 spiro atoms. The third-order valence-electron chi connectivity index (χ3n) is 4.45. The van der Waals surface area contributed by atoms with E-state index in [9.17, 15) is 14.0 Å². The van der Waals surface area contributed by atoms with Crippen LogP contribution in [0.3, 0.4) is 0 Å². The Morgan fingerprint density at radius 1 is 1.32 bits per heavy atom. The molecular formula is C22H25BrClFN4O4S. The number of nitrogens with zero attached hydrogens (tertiary/aromatic N) is 2. The molecule has 1 aromatic carbocycles. The van der Waals surface area contributed by atoms with Crippen LogP contribution in [-0.2, 0) is 11.8 Å². The molecular weight excluding hydrogens is 551 g/mol. The number of hydrogen-bond donors (Lipinski definition) is 2. The van der Waals surface area contributed by atoms with Crippen LogP contribution in [0.1, 0.15) is 30.5 Å². The van der Waals surface area contributed by atoms with Gasteiger partial charge < -0.3 is 14.1 Å². The predicted octanol–water partition coefficient (Wildman–Crippen LogP) is 5.75. The van der Waals surface area contributed by atoms with Crippen LogP contribution >= 0.6 is 39.7 Å². The minimum atomic E-state index is -0.630. The fraction of sp³-hybridized carbons (Fsp3) is 0.318. The molecule has 0 radical (unpaired) electrons. The van der Waals surface area contributed by atoms with Gasteiger partial charge in [0.1, 0.15) is 5.58 Å². The number of amides is 1. The molecule has 0 saturated carbocycles. The Balaban J connectivity index is 0.00000199. The van der Waals surface area contributed by atoms with Gasteiger partial charge in [0.25, 0.3) is 0 Å². The number of alkyl halides is 1. The van der Waals surface area contributed by atoms with Crippen LogP contribution < -0.4 is 19.8 Å². The molecule has 184 valence electrons. The van der Waals surface area contributed by atoms with Gasteiger partial charge in [0, 0.05) is 61.2 Å². The van der Waals surface area contributed by atoms with Crippen LogP contribution in [0.2, 0.25) is 5.02 Å². The first-order valence-electron chi connectivity index (χ1n) is 10.2. The number of halogens is 3. The molecule has 0 aliphatic carbocycles. The van der Waals surface area contributed by atoms with E-state index in [4.69, 9.17) is 20.8 Å². The lowest BCUT2D eigenvalue weighted by atomic mass is 9.99. The fourth-order valence-electron chi connectivity index (χ4n) is 2.88. The molecule has 8 nitrogen and oxygen atoms in total. The van der Waals surface area contributed by atoms with Crippen molar-refractivity contribution < 1.29 is 18.3 Å². The molecule has 0 unspecified atom stereocenters. The Hall–Kier alpha value is -2.34. The Morgan fingerprint density at radius 3 is 2.65 bits per heavy atom. The second-order valence-corrected chi connectivity index (χ2v) is 8.52. The lowest BCUT2D eigenvalue weighted by molar-refractivity contribution is 0.172. The van der Waals surface area contributed by atoms with Crippen LogP contribution in [0.4, 0.5) is 15.0 Å². The van der Waals surface area contributed by atoms with Crippen LogP contribution in [0.25, 0.3) is 11.0 Å². The van der Waals surface area contributed by atoms with Crippen molar-refractivity contribution in [1.29, 1.82) is 0 Å². The molecule has 12 heteroatoms. The lowest BCUT2D eigenvalue weighted by Crippen LogP contribution is -2.25. The summed E-state index contributed by atoms with van der Waals surface area (Å²) >= 11 is 10.8. The summed E-state index contributed by atoms with van der Waals surface area (Å²) < 4.78 is 31.1. The number of pyridine rings is 1. The molecule has 0 aliphatic heterocycles. The van der Waals surface area contributed by atoms with Crippen LogP contribution in [0.15, 0.2) is 33.6 Å². The average molecular weight is 576 g/mol. The van der Waals surface area contributed by atoms with Gasteiger partial charge in [-0.15, -0.1) is 0 Å². The fourth-order valence-corrected chi connectivity index (χ4v) is 4.06. The minimum absolute atomic E-state index is 0.0125. The number of nitrogens with one attached hydrogen (secondary N) is 2. The molecule has 34 heavy (non-hydrogen) atoms. The molecule has 0 fully saturated rings. The highest BCUT2D eigenvalue weighted by molar-refractivity contribution is 9.08. The summed E-state index contributed by atoms with van der Waals surface area (Å²) in [4.78, 5) is 29.9. The van der Waals surface area contributed by atoms with Crippen molar-refractivity contribution in [1.82, 2.24) is 14.6 Å². The maximum absolute atomic E-state index is 14.9. The van der Waals surface area contributed by atoms with E-state index in [1.54, 1.807) is 13.1 Å². The van der Waals surface area contributed by atoms with Gasteiger partial charge in [-0.05, 0) is 30.3 Å². The number of carbonyl (C=O) groups is 1. The largest absolute Gasteiger partial charge is 0.422 e. The molecule has 3 aromatic rings. The molecule has 0 bridgehead atoms. The zero-order valence-corrected chi connectivity index (χ0v) is 22.5. The predicted molar refractivity (Wildman–Crippen MR) is 138 cm³/mol. The normalized spacial score (nSPS) is 10.5. The van der Waals surface area contributed by atoms with Gasteiger partial charge in [0.15, 0.2) is 17.4 Å². The zero-order valence-electron chi connectivity index (χ0n) is 19.3. The number of anilines is 1. The summed E-state index contributed by atoms with van der Waals surface area (Å²) in [7, 11) is 4.74. The number of ether oxygens (including phenoxy) is 1. The second-order valence-electron chi connectivity index (χ2n) is 6.74. The van der Waals surface area contributed by atoms with E-state index >= 15 is 0 Å². The summed E-state index contributed by atoms with van der Waals surface area (Å²) in [6.07, 6.45) is 0.817. The Morgan fingerprint density at radius 2 is 2.03 bits per heavy atom. The van der Waals surface area contributed by atoms with Crippen molar-refractivity contribution in [3.05, 3.63) is 62.3 Å². The van der Waals surface area contributed by atoms with E-state index in [-0.39, 0.29) is 39.7 Å². The number of rotatable bonds is 7. The maximum atomic E-state index is 14.9. The first-order valence-corrected chi connectivity index (χ1v) is 12.5. The maximum Gasteiger partial charge on any atom is 0.414 e. The highest BCUT2D eigenvalue weighted by atomic mass is 79.9. The minimum Gasteiger partial charge on any atom is -0.422 e. The van der Waals surface area contributed by atoms with Gasteiger partial charge in [-0.3, -0.25) is 4.72 Å². The first-order chi connectivity index (χ1) is 16.3. The Kier molecular flexibility index (Phi) is 10.6. The first kappa shape index (κ1) is 27.9. The van der Waals surface area contributed by atoms with Gasteiger partial charge >= 0.3 is 11.7 Å². The zero-order chi connectivity index (χ0) is 25.4. The van der Waals surface area contributed by atoms with Crippen molar-refractivity contribution in [3.63, 3.8) is 0 Å².